The summed E-state index contributed by atoms with van der Waals surface area (Å²) in [6, 6.07) is 4.86. The second-order valence-corrected chi connectivity index (χ2v) is 3.99. The molecule has 102 valence electrons. The Hall–Kier alpha value is -2.57. The van der Waals surface area contributed by atoms with Crippen molar-refractivity contribution in [3.63, 3.8) is 0 Å². The van der Waals surface area contributed by atoms with Crippen LogP contribution in [0.15, 0.2) is 24.3 Å². The molecule has 0 aromatic heterocycles. The van der Waals surface area contributed by atoms with Crippen LogP contribution < -0.4 is 16.4 Å². The van der Waals surface area contributed by atoms with Crippen LogP contribution in [0.5, 0.6) is 0 Å². The number of hydrogen-bond donors (Lipinski definition) is 4. The van der Waals surface area contributed by atoms with Gasteiger partial charge in [-0.05, 0) is 24.6 Å². The molecule has 0 saturated heterocycles. The van der Waals surface area contributed by atoms with Gasteiger partial charge in [0, 0.05) is 5.69 Å². The Balaban J connectivity index is 2.60. The van der Waals surface area contributed by atoms with Gasteiger partial charge in [0.15, 0.2) is 0 Å². The number of benzene rings is 1. The molecular weight excluding hydrogens is 250 g/mol. The Labute approximate surface area is 109 Å². The first kappa shape index (κ1) is 14.5. The number of carboxylic acids is 1. The van der Waals surface area contributed by atoms with E-state index in [4.69, 9.17) is 10.8 Å². The first-order valence-electron chi connectivity index (χ1n) is 5.56. The highest BCUT2D eigenvalue weighted by molar-refractivity contribution is 5.96. The number of aliphatic carboxylic acids is 1. The molecule has 3 amide bonds. The minimum atomic E-state index is -0.920. The zero-order valence-electron chi connectivity index (χ0n) is 10.3. The number of amides is 3. The molecule has 1 rings (SSSR count). The summed E-state index contributed by atoms with van der Waals surface area (Å²) in [5.74, 6) is -1.33. The molecule has 0 aliphatic carbocycles. The Kier molecular flexibility index (Phi) is 4.87. The molecule has 0 heterocycles. The van der Waals surface area contributed by atoms with E-state index in [-0.39, 0.29) is 6.42 Å². The zero-order chi connectivity index (χ0) is 14.4. The fourth-order valence-electron chi connectivity index (χ4n) is 1.41. The predicted octanol–water partition coefficient (Wildman–Crippen LogP) is 0.309. The maximum absolute atomic E-state index is 11.6. The first-order valence-corrected chi connectivity index (χ1v) is 5.56. The van der Waals surface area contributed by atoms with Gasteiger partial charge in [0.05, 0.1) is 6.42 Å². The molecule has 0 aliphatic rings. The molecule has 0 fully saturated rings. The van der Waals surface area contributed by atoms with Gasteiger partial charge in [-0.2, -0.15) is 0 Å². The molecular formula is C12H15N3O4. The zero-order valence-corrected chi connectivity index (χ0v) is 10.3. The third kappa shape index (κ3) is 5.07. The van der Waals surface area contributed by atoms with Crippen molar-refractivity contribution in [2.75, 3.05) is 5.32 Å². The monoisotopic (exact) mass is 265 g/mol. The number of carbonyl (C=O) groups is 3. The highest BCUT2D eigenvalue weighted by Crippen LogP contribution is 2.10. The third-order valence-electron chi connectivity index (χ3n) is 2.33. The van der Waals surface area contributed by atoms with E-state index in [1.54, 1.807) is 24.3 Å². The van der Waals surface area contributed by atoms with E-state index in [0.29, 0.717) is 11.3 Å². The fourth-order valence-corrected chi connectivity index (χ4v) is 1.41. The van der Waals surface area contributed by atoms with Crippen molar-refractivity contribution in [3.05, 3.63) is 29.8 Å². The molecule has 1 unspecified atom stereocenters. The van der Waals surface area contributed by atoms with Crippen LogP contribution in [0, 0.1) is 0 Å². The molecule has 0 spiro atoms. The standard InChI is InChI=1S/C12H15N3O4/c1-7(14-12(13)19)11(18)15-9-4-2-8(3-5-9)6-10(16)17/h2-5,7H,6H2,1H3,(H,15,18)(H,16,17)(H3,13,14,19). The Morgan fingerprint density at radius 3 is 2.32 bits per heavy atom. The first-order chi connectivity index (χ1) is 8.88. The van der Waals surface area contributed by atoms with E-state index in [1.807, 2.05) is 0 Å². The van der Waals surface area contributed by atoms with Crippen LogP contribution in [0.2, 0.25) is 0 Å². The van der Waals surface area contributed by atoms with Crippen LogP contribution in [0.3, 0.4) is 0 Å². The summed E-state index contributed by atoms with van der Waals surface area (Å²) in [6.45, 7) is 1.50. The van der Waals surface area contributed by atoms with Crippen molar-refractivity contribution in [2.45, 2.75) is 19.4 Å². The smallest absolute Gasteiger partial charge is 0.312 e. The quantitative estimate of drug-likeness (QED) is 0.612. The van der Waals surface area contributed by atoms with E-state index in [1.165, 1.54) is 6.92 Å². The van der Waals surface area contributed by atoms with Gasteiger partial charge >= 0.3 is 12.0 Å². The van der Waals surface area contributed by atoms with Crippen LogP contribution in [0.25, 0.3) is 0 Å². The Bertz CT molecular complexity index is 484. The van der Waals surface area contributed by atoms with Gasteiger partial charge in [0.2, 0.25) is 5.91 Å². The number of primary amides is 1. The molecule has 1 aromatic carbocycles. The van der Waals surface area contributed by atoms with Gasteiger partial charge in [-0.25, -0.2) is 4.79 Å². The number of urea groups is 1. The summed E-state index contributed by atoms with van der Waals surface area (Å²) in [6.07, 6.45) is -0.0755. The number of anilines is 1. The molecule has 7 nitrogen and oxygen atoms in total. The summed E-state index contributed by atoms with van der Waals surface area (Å²) in [5, 5.41) is 13.4. The van der Waals surface area contributed by atoms with Crippen molar-refractivity contribution in [1.29, 1.82) is 0 Å². The highest BCUT2D eigenvalue weighted by Gasteiger charge is 2.13. The van der Waals surface area contributed by atoms with Crippen molar-refractivity contribution in [1.82, 2.24) is 5.32 Å². The summed E-state index contributed by atoms with van der Waals surface area (Å²) >= 11 is 0. The lowest BCUT2D eigenvalue weighted by molar-refractivity contribution is -0.136. The lowest BCUT2D eigenvalue weighted by Crippen LogP contribution is -2.44. The maximum Gasteiger partial charge on any atom is 0.312 e. The summed E-state index contributed by atoms with van der Waals surface area (Å²) < 4.78 is 0. The van der Waals surface area contributed by atoms with E-state index in [9.17, 15) is 14.4 Å². The average molecular weight is 265 g/mol. The summed E-state index contributed by atoms with van der Waals surface area (Å²) in [4.78, 5) is 32.7. The largest absolute Gasteiger partial charge is 0.481 e. The molecule has 0 bridgehead atoms. The molecule has 0 radical (unpaired) electrons. The molecule has 1 aromatic rings. The topological polar surface area (TPSA) is 122 Å². The second-order valence-electron chi connectivity index (χ2n) is 3.99. The minimum absolute atomic E-state index is 0.0755. The van der Waals surface area contributed by atoms with Gasteiger partial charge in [-0.3, -0.25) is 9.59 Å². The number of carbonyl (C=O) groups excluding carboxylic acids is 2. The summed E-state index contributed by atoms with van der Waals surface area (Å²) in [7, 11) is 0. The lowest BCUT2D eigenvalue weighted by Gasteiger charge is -2.12. The fraction of sp³-hybridized carbons (Fsp3) is 0.250. The number of nitrogens with one attached hydrogen (secondary N) is 2. The van der Waals surface area contributed by atoms with Gasteiger partial charge in [0.1, 0.15) is 6.04 Å². The van der Waals surface area contributed by atoms with Gasteiger partial charge in [-0.1, -0.05) is 12.1 Å². The number of rotatable bonds is 5. The predicted molar refractivity (Wildman–Crippen MR) is 68.6 cm³/mol. The molecule has 7 heteroatoms. The van der Waals surface area contributed by atoms with Crippen molar-refractivity contribution in [3.8, 4) is 0 Å². The van der Waals surface area contributed by atoms with Crippen molar-refractivity contribution in [2.24, 2.45) is 5.73 Å². The van der Waals surface area contributed by atoms with Crippen LogP contribution >= 0.6 is 0 Å². The third-order valence-corrected chi connectivity index (χ3v) is 2.33. The van der Waals surface area contributed by atoms with Gasteiger partial charge in [-0.15, -0.1) is 0 Å². The van der Waals surface area contributed by atoms with Crippen LogP contribution in [-0.2, 0) is 16.0 Å². The van der Waals surface area contributed by atoms with E-state index < -0.39 is 23.9 Å². The van der Waals surface area contributed by atoms with Crippen LogP contribution in [0.1, 0.15) is 12.5 Å². The van der Waals surface area contributed by atoms with E-state index in [0.717, 1.165) is 0 Å². The highest BCUT2D eigenvalue weighted by atomic mass is 16.4. The number of hydrogen-bond acceptors (Lipinski definition) is 3. The van der Waals surface area contributed by atoms with Gasteiger partial charge < -0.3 is 21.5 Å². The van der Waals surface area contributed by atoms with Crippen molar-refractivity contribution < 1.29 is 19.5 Å². The molecule has 0 saturated carbocycles. The average Bonchev–Trinajstić information content (AvgIpc) is 2.30. The number of carboxylic acid groups (broad SMARTS) is 1. The normalized spacial score (nSPS) is 11.4. The Morgan fingerprint density at radius 2 is 1.84 bits per heavy atom. The number of nitrogens with two attached hydrogens (primary N) is 1. The maximum atomic E-state index is 11.6. The molecule has 5 N–H and O–H groups in total. The minimum Gasteiger partial charge on any atom is -0.481 e. The molecule has 19 heavy (non-hydrogen) atoms. The van der Waals surface area contributed by atoms with Gasteiger partial charge in [0.25, 0.3) is 0 Å². The lowest BCUT2D eigenvalue weighted by atomic mass is 10.1. The summed E-state index contributed by atoms with van der Waals surface area (Å²) in [5.41, 5.74) is 6.05. The Morgan fingerprint density at radius 1 is 1.26 bits per heavy atom. The van der Waals surface area contributed by atoms with Crippen molar-refractivity contribution >= 4 is 23.6 Å². The molecule has 0 aliphatic heterocycles. The van der Waals surface area contributed by atoms with Crippen LogP contribution in [-0.4, -0.2) is 29.1 Å². The van der Waals surface area contributed by atoms with Crippen LogP contribution in [0.4, 0.5) is 10.5 Å². The molecule has 1 atom stereocenters. The van der Waals surface area contributed by atoms with E-state index >= 15 is 0 Å². The SMILES string of the molecule is CC(NC(N)=O)C(=O)Nc1ccc(CC(=O)O)cc1. The van der Waals surface area contributed by atoms with E-state index in [2.05, 4.69) is 10.6 Å². The second kappa shape index (κ2) is 6.39.